The molecule has 2 amide bonds. The molecule has 0 heterocycles. The number of nitrogens with zero attached hydrogens (tertiary/aromatic N) is 2. The molecular formula is C24H33N3O6S. The Bertz CT molecular complexity index is 1080. The Hall–Kier alpha value is -3.27. The number of carbonyl (C=O) groups is 2. The highest BCUT2D eigenvalue weighted by Gasteiger charge is 2.30. The molecule has 10 heteroatoms. The van der Waals surface area contributed by atoms with Crippen molar-refractivity contribution in [1.29, 1.82) is 0 Å². The van der Waals surface area contributed by atoms with Gasteiger partial charge in [0, 0.05) is 19.2 Å². The number of methoxy groups -OCH3 is 2. The lowest BCUT2D eigenvalue weighted by atomic mass is 10.1. The van der Waals surface area contributed by atoms with Crippen LogP contribution in [0.2, 0.25) is 0 Å². The fourth-order valence-corrected chi connectivity index (χ4v) is 4.33. The SMILES string of the molecule is CCNC(=O)C(C)N(CCc1ccccc1)C(=O)CN(c1ccc(OC)cc1OC)S(C)(=O)=O. The molecule has 9 nitrogen and oxygen atoms in total. The molecule has 2 aromatic carbocycles. The van der Waals surface area contributed by atoms with Crippen LogP contribution in [0.1, 0.15) is 19.4 Å². The highest BCUT2D eigenvalue weighted by Crippen LogP contribution is 2.33. The number of nitrogens with one attached hydrogen (secondary N) is 1. The van der Waals surface area contributed by atoms with Crippen LogP contribution in [0.3, 0.4) is 0 Å². The molecule has 1 atom stereocenters. The highest BCUT2D eigenvalue weighted by molar-refractivity contribution is 7.92. The molecule has 0 aromatic heterocycles. The van der Waals surface area contributed by atoms with Crippen molar-refractivity contribution in [3.05, 3.63) is 54.1 Å². The average molecular weight is 492 g/mol. The molecule has 34 heavy (non-hydrogen) atoms. The lowest BCUT2D eigenvalue weighted by Gasteiger charge is -2.31. The van der Waals surface area contributed by atoms with E-state index in [9.17, 15) is 18.0 Å². The maximum absolute atomic E-state index is 13.4. The summed E-state index contributed by atoms with van der Waals surface area (Å²) in [6, 6.07) is 13.4. The van der Waals surface area contributed by atoms with Crippen LogP contribution in [0.25, 0.3) is 0 Å². The molecule has 0 saturated carbocycles. The molecule has 0 saturated heterocycles. The predicted octanol–water partition coefficient (Wildman–Crippen LogP) is 2.07. The molecular weight excluding hydrogens is 458 g/mol. The zero-order chi connectivity index (χ0) is 25.3. The van der Waals surface area contributed by atoms with E-state index in [4.69, 9.17) is 9.47 Å². The predicted molar refractivity (Wildman–Crippen MR) is 132 cm³/mol. The second-order valence-corrected chi connectivity index (χ2v) is 9.61. The van der Waals surface area contributed by atoms with E-state index in [0.29, 0.717) is 18.7 Å². The number of benzene rings is 2. The molecule has 0 aliphatic rings. The normalized spacial score (nSPS) is 11.9. The van der Waals surface area contributed by atoms with Gasteiger partial charge in [-0.2, -0.15) is 0 Å². The van der Waals surface area contributed by atoms with Crippen molar-refractivity contribution >= 4 is 27.5 Å². The lowest BCUT2D eigenvalue weighted by molar-refractivity contribution is -0.138. The molecule has 0 spiro atoms. The van der Waals surface area contributed by atoms with Gasteiger partial charge in [-0.25, -0.2) is 8.42 Å². The first-order chi connectivity index (χ1) is 16.1. The summed E-state index contributed by atoms with van der Waals surface area (Å²) in [6.07, 6.45) is 1.53. The second-order valence-electron chi connectivity index (χ2n) is 7.70. The maximum atomic E-state index is 13.4. The third-order valence-corrected chi connectivity index (χ3v) is 6.46. The Morgan fingerprint density at radius 1 is 1.06 bits per heavy atom. The van der Waals surface area contributed by atoms with Crippen LogP contribution < -0.4 is 19.1 Å². The van der Waals surface area contributed by atoms with Gasteiger partial charge < -0.3 is 19.7 Å². The molecule has 2 rings (SSSR count). The molecule has 0 aliphatic heterocycles. The van der Waals surface area contributed by atoms with Gasteiger partial charge in [-0.1, -0.05) is 30.3 Å². The number of sulfonamides is 1. The zero-order valence-electron chi connectivity index (χ0n) is 20.3. The summed E-state index contributed by atoms with van der Waals surface area (Å²) in [7, 11) is -0.965. The topological polar surface area (TPSA) is 105 Å². The van der Waals surface area contributed by atoms with E-state index in [1.54, 1.807) is 26.0 Å². The molecule has 186 valence electrons. The minimum Gasteiger partial charge on any atom is -0.497 e. The van der Waals surface area contributed by atoms with Gasteiger partial charge in [-0.3, -0.25) is 13.9 Å². The number of likely N-dealkylation sites (N-methyl/N-ethyl adjacent to an activating group) is 1. The van der Waals surface area contributed by atoms with Crippen molar-refractivity contribution in [2.45, 2.75) is 26.3 Å². The van der Waals surface area contributed by atoms with Crippen LogP contribution in [0.4, 0.5) is 5.69 Å². The average Bonchev–Trinajstić information content (AvgIpc) is 2.82. The van der Waals surface area contributed by atoms with Crippen molar-refractivity contribution in [3.63, 3.8) is 0 Å². The molecule has 0 fully saturated rings. The van der Waals surface area contributed by atoms with E-state index in [2.05, 4.69) is 5.32 Å². The fourth-order valence-electron chi connectivity index (χ4n) is 3.48. The van der Waals surface area contributed by atoms with E-state index < -0.39 is 28.5 Å². The van der Waals surface area contributed by atoms with Crippen molar-refractivity contribution in [3.8, 4) is 11.5 Å². The number of rotatable bonds is 12. The van der Waals surface area contributed by atoms with Crippen LogP contribution >= 0.6 is 0 Å². The van der Waals surface area contributed by atoms with Gasteiger partial charge in [0.25, 0.3) is 0 Å². The number of amides is 2. The molecule has 0 radical (unpaired) electrons. The van der Waals surface area contributed by atoms with E-state index in [1.165, 1.54) is 25.2 Å². The number of anilines is 1. The Balaban J connectivity index is 2.37. The lowest BCUT2D eigenvalue weighted by Crippen LogP contribution is -2.52. The Morgan fingerprint density at radius 3 is 2.29 bits per heavy atom. The zero-order valence-corrected chi connectivity index (χ0v) is 21.1. The molecule has 2 aromatic rings. The van der Waals surface area contributed by atoms with Crippen LogP contribution in [0.15, 0.2) is 48.5 Å². The summed E-state index contributed by atoms with van der Waals surface area (Å²) in [5, 5.41) is 2.73. The number of hydrogen-bond acceptors (Lipinski definition) is 6. The fraction of sp³-hybridized carbons (Fsp3) is 0.417. The first kappa shape index (κ1) is 27.0. The first-order valence-electron chi connectivity index (χ1n) is 10.9. The van der Waals surface area contributed by atoms with Gasteiger partial charge in [-0.05, 0) is 38.0 Å². The summed E-state index contributed by atoms with van der Waals surface area (Å²) in [5.41, 5.74) is 1.20. The van der Waals surface area contributed by atoms with Crippen LogP contribution in [-0.4, -0.2) is 71.3 Å². The van der Waals surface area contributed by atoms with Crippen molar-refractivity contribution < 1.29 is 27.5 Å². The quantitative estimate of drug-likeness (QED) is 0.487. The highest BCUT2D eigenvalue weighted by atomic mass is 32.2. The van der Waals surface area contributed by atoms with Crippen molar-refractivity contribution in [2.24, 2.45) is 0 Å². The minimum atomic E-state index is -3.86. The number of carbonyl (C=O) groups excluding carboxylic acids is 2. The maximum Gasteiger partial charge on any atom is 0.244 e. The van der Waals surface area contributed by atoms with Gasteiger partial charge in [0.15, 0.2) is 0 Å². The van der Waals surface area contributed by atoms with Crippen molar-refractivity contribution in [2.75, 3.05) is 44.4 Å². The van der Waals surface area contributed by atoms with Gasteiger partial charge in [0.05, 0.1) is 26.2 Å². The van der Waals surface area contributed by atoms with E-state index >= 15 is 0 Å². The monoisotopic (exact) mass is 491 g/mol. The summed E-state index contributed by atoms with van der Waals surface area (Å²) in [4.78, 5) is 27.4. The van der Waals surface area contributed by atoms with E-state index in [-0.39, 0.29) is 23.9 Å². The van der Waals surface area contributed by atoms with Crippen LogP contribution in [0.5, 0.6) is 11.5 Å². The van der Waals surface area contributed by atoms with Crippen LogP contribution in [-0.2, 0) is 26.0 Å². The largest absolute Gasteiger partial charge is 0.497 e. The number of ether oxygens (including phenoxy) is 2. The van der Waals surface area contributed by atoms with Gasteiger partial charge >= 0.3 is 0 Å². The van der Waals surface area contributed by atoms with Gasteiger partial charge in [-0.15, -0.1) is 0 Å². The Morgan fingerprint density at radius 2 is 1.74 bits per heavy atom. The van der Waals surface area contributed by atoms with Gasteiger partial charge in [0.2, 0.25) is 21.8 Å². The third kappa shape index (κ3) is 7.11. The molecule has 0 aliphatic carbocycles. The first-order valence-corrected chi connectivity index (χ1v) is 12.8. The minimum absolute atomic E-state index is 0.202. The summed E-state index contributed by atoms with van der Waals surface area (Å²) < 4.78 is 36.9. The second kappa shape index (κ2) is 12.3. The smallest absolute Gasteiger partial charge is 0.244 e. The Kier molecular flexibility index (Phi) is 9.73. The third-order valence-electron chi connectivity index (χ3n) is 5.34. The van der Waals surface area contributed by atoms with E-state index in [1.807, 2.05) is 30.3 Å². The standard InChI is InChI=1S/C24H33N3O6S/c1-6-25-24(29)18(2)26(15-14-19-10-8-7-9-11-19)23(28)17-27(34(5,30)31)21-13-12-20(32-3)16-22(21)33-4/h7-13,16,18H,6,14-15,17H2,1-5H3,(H,25,29). The number of hydrogen-bond donors (Lipinski definition) is 1. The molecule has 1 N–H and O–H groups in total. The molecule has 1 unspecified atom stereocenters. The van der Waals surface area contributed by atoms with Crippen molar-refractivity contribution in [1.82, 2.24) is 10.2 Å². The summed E-state index contributed by atoms with van der Waals surface area (Å²) in [5.74, 6) is -0.0882. The van der Waals surface area contributed by atoms with E-state index in [0.717, 1.165) is 16.1 Å². The van der Waals surface area contributed by atoms with Gasteiger partial charge in [0.1, 0.15) is 24.1 Å². The Labute approximate surface area is 201 Å². The summed E-state index contributed by atoms with van der Waals surface area (Å²) in [6.45, 7) is 3.61. The molecule has 0 bridgehead atoms. The van der Waals surface area contributed by atoms with Crippen LogP contribution in [0, 0.1) is 0 Å². The summed E-state index contributed by atoms with van der Waals surface area (Å²) >= 11 is 0.